The number of nitriles is 1. The van der Waals surface area contributed by atoms with Crippen LogP contribution >= 0.6 is 22.9 Å². The standard InChI is InChI=1S/C21H18ClN3O2S/c1-13-4-6-14(7-5-13)18-12-28-21(25-18)15(10-23)11-24-17-9-19(26-2)16(22)8-20(17)27-3/h4-9,11-12,24H,1-3H3/b15-11-. The second-order valence-electron chi connectivity index (χ2n) is 5.91. The number of halogens is 1. The highest BCUT2D eigenvalue weighted by Gasteiger charge is 2.12. The quantitative estimate of drug-likeness (QED) is 0.522. The van der Waals surface area contributed by atoms with Gasteiger partial charge in [-0.2, -0.15) is 5.26 Å². The minimum atomic E-state index is 0.416. The molecule has 7 heteroatoms. The summed E-state index contributed by atoms with van der Waals surface area (Å²) in [5.41, 5.74) is 4.09. The van der Waals surface area contributed by atoms with Crippen LogP contribution < -0.4 is 14.8 Å². The molecule has 142 valence electrons. The lowest BCUT2D eigenvalue weighted by atomic mass is 10.1. The highest BCUT2D eigenvalue weighted by Crippen LogP contribution is 2.36. The Hall–Kier alpha value is -3.01. The Kier molecular flexibility index (Phi) is 6.19. The minimum Gasteiger partial charge on any atom is -0.495 e. The molecule has 0 radical (unpaired) electrons. The van der Waals surface area contributed by atoms with Crippen molar-refractivity contribution in [2.75, 3.05) is 19.5 Å². The second-order valence-corrected chi connectivity index (χ2v) is 7.17. The number of aryl methyl sites for hydroxylation is 1. The summed E-state index contributed by atoms with van der Waals surface area (Å²) in [6.45, 7) is 2.04. The highest BCUT2D eigenvalue weighted by atomic mass is 35.5. The number of nitrogens with zero attached hydrogens (tertiary/aromatic N) is 2. The third-order valence-corrected chi connectivity index (χ3v) is 5.22. The molecule has 0 saturated carbocycles. The van der Waals surface area contributed by atoms with Crippen molar-refractivity contribution in [3.05, 3.63) is 63.6 Å². The van der Waals surface area contributed by atoms with E-state index in [9.17, 15) is 5.26 Å². The average Bonchev–Trinajstić information content (AvgIpc) is 3.19. The number of nitrogens with one attached hydrogen (secondary N) is 1. The monoisotopic (exact) mass is 411 g/mol. The highest BCUT2D eigenvalue weighted by molar-refractivity contribution is 7.11. The van der Waals surface area contributed by atoms with Crippen LogP contribution in [-0.2, 0) is 0 Å². The molecule has 0 saturated heterocycles. The maximum atomic E-state index is 9.58. The molecule has 0 fully saturated rings. The normalized spacial score (nSPS) is 11.0. The molecular weight excluding hydrogens is 394 g/mol. The third kappa shape index (κ3) is 4.28. The van der Waals surface area contributed by atoms with Crippen LogP contribution in [-0.4, -0.2) is 19.2 Å². The SMILES string of the molecule is COc1cc(N/C=C(/C#N)c2nc(-c3ccc(C)cc3)cs2)c(OC)cc1Cl. The van der Waals surface area contributed by atoms with Gasteiger partial charge in [-0.15, -0.1) is 11.3 Å². The van der Waals surface area contributed by atoms with Gasteiger partial charge < -0.3 is 14.8 Å². The Morgan fingerprint density at radius 1 is 1.18 bits per heavy atom. The number of aromatic nitrogens is 1. The van der Waals surface area contributed by atoms with Crippen LogP contribution in [0.15, 0.2) is 48.0 Å². The van der Waals surface area contributed by atoms with E-state index in [-0.39, 0.29) is 0 Å². The number of rotatable bonds is 6. The first-order valence-corrected chi connectivity index (χ1v) is 9.62. The van der Waals surface area contributed by atoms with E-state index in [0.29, 0.717) is 32.8 Å². The van der Waals surface area contributed by atoms with Crippen molar-refractivity contribution in [2.45, 2.75) is 6.92 Å². The maximum Gasteiger partial charge on any atom is 0.144 e. The third-order valence-electron chi connectivity index (χ3n) is 4.05. The Morgan fingerprint density at radius 3 is 2.54 bits per heavy atom. The molecule has 5 nitrogen and oxygen atoms in total. The molecule has 0 atom stereocenters. The molecular formula is C21H18ClN3O2S. The Bertz CT molecular complexity index is 1050. The first kappa shape index (κ1) is 19.7. The molecule has 28 heavy (non-hydrogen) atoms. The van der Waals surface area contributed by atoms with Crippen LogP contribution in [0, 0.1) is 18.3 Å². The van der Waals surface area contributed by atoms with Crippen LogP contribution in [0.4, 0.5) is 5.69 Å². The smallest absolute Gasteiger partial charge is 0.144 e. The van der Waals surface area contributed by atoms with Gasteiger partial charge in [0.2, 0.25) is 0 Å². The van der Waals surface area contributed by atoms with Gasteiger partial charge in [-0.3, -0.25) is 0 Å². The largest absolute Gasteiger partial charge is 0.495 e. The van der Waals surface area contributed by atoms with Gasteiger partial charge in [0.05, 0.1) is 30.6 Å². The van der Waals surface area contributed by atoms with E-state index in [2.05, 4.69) is 16.4 Å². The molecule has 3 rings (SSSR count). The van der Waals surface area contributed by atoms with Crippen LogP contribution in [0.5, 0.6) is 11.5 Å². The fourth-order valence-electron chi connectivity index (χ4n) is 2.52. The zero-order chi connectivity index (χ0) is 20.1. The van der Waals surface area contributed by atoms with Crippen LogP contribution in [0.3, 0.4) is 0 Å². The summed E-state index contributed by atoms with van der Waals surface area (Å²) in [7, 11) is 3.09. The van der Waals surface area contributed by atoms with Gasteiger partial charge >= 0.3 is 0 Å². The van der Waals surface area contributed by atoms with Crippen molar-refractivity contribution in [3.8, 4) is 28.8 Å². The number of hydrogen-bond acceptors (Lipinski definition) is 6. The van der Waals surface area contributed by atoms with Gasteiger partial charge in [-0.1, -0.05) is 41.4 Å². The fraction of sp³-hybridized carbons (Fsp3) is 0.143. The predicted molar refractivity (Wildman–Crippen MR) is 114 cm³/mol. The summed E-state index contributed by atoms with van der Waals surface area (Å²) in [5.74, 6) is 1.05. The zero-order valence-corrected chi connectivity index (χ0v) is 17.2. The van der Waals surface area contributed by atoms with Crippen LogP contribution in [0.1, 0.15) is 10.6 Å². The van der Waals surface area contributed by atoms with E-state index in [0.717, 1.165) is 11.3 Å². The molecule has 0 aliphatic carbocycles. The van der Waals surface area contributed by atoms with Gasteiger partial charge in [-0.25, -0.2) is 4.98 Å². The number of ether oxygens (including phenoxy) is 2. The zero-order valence-electron chi connectivity index (χ0n) is 15.6. The van der Waals surface area contributed by atoms with Crippen LogP contribution in [0.25, 0.3) is 16.8 Å². The molecule has 0 unspecified atom stereocenters. The number of anilines is 1. The molecule has 0 amide bonds. The molecule has 1 N–H and O–H groups in total. The number of hydrogen-bond donors (Lipinski definition) is 1. The van der Waals surface area contributed by atoms with E-state index in [1.165, 1.54) is 24.0 Å². The summed E-state index contributed by atoms with van der Waals surface area (Å²) < 4.78 is 10.6. The topological polar surface area (TPSA) is 67.2 Å². The Labute approximate surface area is 172 Å². The van der Waals surface area contributed by atoms with E-state index in [1.54, 1.807) is 25.4 Å². The average molecular weight is 412 g/mol. The van der Waals surface area contributed by atoms with Gasteiger partial charge in [0.25, 0.3) is 0 Å². The maximum absolute atomic E-state index is 9.58. The molecule has 0 aliphatic heterocycles. The second kappa shape index (κ2) is 8.79. The Balaban J connectivity index is 1.88. The summed E-state index contributed by atoms with van der Waals surface area (Å²) in [5, 5.41) is 15.7. The lowest BCUT2D eigenvalue weighted by Crippen LogP contribution is -1.96. The number of allylic oxidation sites excluding steroid dienone is 1. The van der Waals surface area contributed by atoms with Crippen molar-refractivity contribution in [2.24, 2.45) is 0 Å². The first-order valence-electron chi connectivity index (χ1n) is 8.37. The van der Waals surface area contributed by atoms with Crippen molar-refractivity contribution in [1.29, 1.82) is 5.26 Å². The number of thiazole rings is 1. The summed E-state index contributed by atoms with van der Waals surface area (Å²) in [6, 6.07) is 13.7. The minimum absolute atomic E-state index is 0.416. The van der Waals surface area contributed by atoms with E-state index < -0.39 is 0 Å². The molecule has 3 aromatic rings. The molecule has 1 heterocycles. The summed E-state index contributed by atoms with van der Waals surface area (Å²) in [6.07, 6.45) is 1.60. The van der Waals surface area contributed by atoms with Gasteiger partial charge in [0.1, 0.15) is 28.1 Å². The number of benzene rings is 2. The fourth-order valence-corrected chi connectivity index (χ4v) is 3.54. The Morgan fingerprint density at radius 2 is 1.89 bits per heavy atom. The first-order chi connectivity index (χ1) is 13.5. The number of methoxy groups -OCH3 is 2. The molecule has 0 bridgehead atoms. The van der Waals surface area contributed by atoms with Crippen molar-refractivity contribution >= 4 is 34.2 Å². The molecule has 0 aliphatic rings. The predicted octanol–water partition coefficient (Wildman–Crippen LogP) is 5.77. The van der Waals surface area contributed by atoms with Crippen molar-refractivity contribution in [1.82, 2.24) is 4.98 Å². The van der Waals surface area contributed by atoms with Crippen molar-refractivity contribution < 1.29 is 9.47 Å². The lowest BCUT2D eigenvalue weighted by molar-refractivity contribution is 0.405. The molecule has 0 spiro atoms. The van der Waals surface area contributed by atoms with E-state index >= 15 is 0 Å². The van der Waals surface area contributed by atoms with Gasteiger partial charge in [-0.05, 0) is 6.92 Å². The van der Waals surface area contributed by atoms with Crippen molar-refractivity contribution in [3.63, 3.8) is 0 Å². The van der Waals surface area contributed by atoms with Gasteiger partial charge in [0.15, 0.2) is 0 Å². The summed E-state index contributed by atoms with van der Waals surface area (Å²) >= 11 is 7.55. The van der Waals surface area contributed by atoms with E-state index in [4.69, 9.17) is 21.1 Å². The lowest BCUT2D eigenvalue weighted by Gasteiger charge is -2.12. The summed E-state index contributed by atoms with van der Waals surface area (Å²) in [4.78, 5) is 4.59. The molecule has 1 aromatic heterocycles. The van der Waals surface area contributed by atoms with Crippen LogP contribution in [0.2, 0.25) is 5.02 Å². The molecule has 2 aromatic carbocycles. The van der Waals surface area contributed by atoms with Gasteiger partial charge in [0, 0.05) is 29.3 Å². The van der Waals surface area contributed by atoms with E-state index in [1.807, 2.05) is 36.6 Å².